The average molecular weight is 294 g/mol. The first kappa shape index (κ1) is 14.4. The van der Waals surface area contributed by atoms with Gasteiger partial charge in [0.25, 0.3) is 5.82 Å². The number of methoxy groups -OCH3 is 1. The molecule has 0 radical (unpaired) electrons. The number of hydrogen-bond donors (Lipinski definition) is 1. The van der Waals surface area contributed by atoms with E-state index >= 15 is 0 Å². The standard InChI is InChI=1S/C18H19N3O/c1-22-13-9-7-12(8-10-13)17-14-5-3-2-4-6-16(14)21-18(20)15(17)11-19/h7-10H,2-6H2,1H3,(H2,20,21)/p+1. The fourth-order valence-electron chi connectivity index (χ4n) is 3.20. The van der Waals surface area contributed by atoms with E-state index in [1.807, 2.05) is 24.3 Å². The Hall–Kier alpha value is -2.54. The molecule has 0 saturated carbocycles. The van der Waals surface area contributed by atoms with E-state index in [9.17, 15) is 5.26 Å². The Morgan fingerprint density at radius 3 is 2.55 bits per heavy atom. The molecule has 1 aromatic heterocycles. The first-order chi connectivity index (χ1) is 10.7. The van der Waals surface area contributed by atoms with Crippen LogP contribution in [-0.4, -0.2) is 7.11 Å². The Morgan fingerprint density at radius 2 is 1.86 bits per heavy atom. The average Bonchev–Trinajstić information content (AvgIpc) is 2.78. The number of nitrogens with one attached hydrogen (secondary N) is 1. The van der Waals surface area contributed by atoms with Gasteiger partial charge in [-0.25, -0.2) is 4.98 Å². The lowest BCUT2D eigenvalue weighted by Gasteiger charge is -2.13. The van der Waals surface area contributed by atoms with Crippen LogP contribution in [0.25, 0.3) is 11.1 Å². The Balaban J connectivity index is 2.23. The number of benzene rings is 1. The highest BCUT2D eigenvalue weighted by Gasteiger charge is 2.24. The monoisotopic (exact) mass is 294 g/mol. The number of nitrogens with zero attached hydrogens (tertiary/aromatic N) is 1. The molecule has 4 nitrogen and oxygen atoms in total. The molecule has 1 aromatic carbocycles. The number of nitrogen functional groups attached to an aromatic ring is 1. The van der Waals surface area contributed by atoms with Crippen molar-refractivity contribution in [3.8, 4) is 22.9 Å². The lowest BCUT2D eigenvalue weighted by Crippen LogP contribution is -2.21. The topological polar surface area (TPSA) is 73.2 Å². The SMILES string of the molecule is COc1ccc(-c2c(C#N)c(N)[nH+]c3c2CCCCC3)cc1. The van der Waals surface area contributed by atoms with Crippen LogP contribution < -0.4 is 15.5 Å². The van der Waals surface area contributed by atoms with E-state index in [2.05, 4.69) is 11.1 Å². The minimum atomic E-state index is 0.467. The molecule has 112 valence electrons. The number of nitriles is 1. The quantitative estimate of drug-likeness (QED) is 0.865. The number of ether oxygens (including phenoxy) is 1. The van der Waals surface area contributed by atoms with E-state index < -0.39 is 0 Å². The fourth-order valence-corrected chi connectivity index (χ4v) is 3.20. The number of pyridine rings is 1. The van der Waals surface area contributed by atoms with Crippen molar-refractivity contribution in [2.24, 2.45) is 0 Å². The van der Waals surface area contributed by atoms with E-state index in [1.165, 1.54) is 17.7 Å². The molecule has 1 heterocycles. The van der Waals surface area contributed by atoms with E-state index in [4.69, 9.17) is 10.5 Å². The highest BCUT2D eigenvalue weighted by Crippen LogP contribution is 2.34. The van der Waals surface area contributed by atoms with Crippen LogP contribution in [0.1, 0.15) is 36.1 Å². The Morgan fingerprint density at radius 1 is 1.14 bits per heavy atom. The van der Waals surface area contributed by atoms with Crippen LogP contribution in [0, 0.1) is 11.3 Å². The van der Waals surface area contributed by atoms with Crippen LogP contribution in [0.15, 0.2) is 24.3 Å². The molecule has 0 amide bonds. The van der Waals surface area contributed by atoms with Gasteiger partial charge in [0.1, 0.15) is 23.1 Å². The third kappa shape index (κ3) is 2.50. The van der Waals surface area contributed by atoms with Crippen molar-refractivity contribution in [3.63, 3.8) is 0 Å². The highest BCUT2D eigenvalue weighted by molar-refractivity contribution is 5.78. The van der Waals surface area contributed by atoms with Crippen molar-refractivity contribution in [1.82, 2.24) is 0 Å². The molecule has 0 unspecified atom stereocenters. The maximum atomic E-state index is 9.56. The summed E-state index contributed by atoms with van der Waals surface area (Å²) in [5, 5.41) is 9.56. The zero-order valence-electron chi connectivity index (χ0n) is 12.8. The molecule has 0 bridgehead atoms. The highest BCUT2D eigenvalue weighted by atomic mass is 16.5. The van der Waals surface area contributed by atoms with Gasteiger partial charge >= 0.3 is 0 Å². The van der Waals surface area contributed by atoms with Crippen molar-refractivity contribution in [2.45, 2.75) is 32.1 Å². The van der Waals surface area contributed by atoms with Crippen LogP contribution in [0.3, 0.4) is 0 Å². The second-order valence-corrected chi connectivity index (χ2v) is 5.65. The summed E-state index contributed by atoms with van der Waals surface area (Å²) in [5.74, 6) is 1.28. The second kappa shape index (κ2) is 6.07. The number of anilines is 1. The molecule has 0 atom stereocenters. The Labute approximate surface area is 130 Å². The molecule has 0 saturated heterocycles. The zero-order valence-corrected chi connectivity index (χ0v) is 12.8. The molecule has 2 aromatic rings. The first-order valence-electron chi connectivity index (χ1n) is 7.65. The summed E-state index contributed by atoms with van der Waals surface area (Å²) in [7, 11) is 1.65. The van der Waals surface area contributed by atoms with Gasteiger partial charge in [-0.3, -0.25) is 5.73 Å². The molecule has 0 spiro atoms. The Kier molecular flexibility index (Phi) is 3.97. The molecule has 3 rings (SSSR count). The Bertz CT molecular complexity index is 729. The maximum Gasteiger partial charge on any atom is 0.289 e. The van der Waals surface area contributed by atoms with Crippen molar-refractivity contribution in [3.05, 3.63) is 41.1 Å². The largest absolute Gasteiger partial charge is 0.497 e. The summed E-state index contributed by atoms with van der Waals surface area (Å²) in [4.78, 5) is 3.25. The van der Waals surface area contributed by atoms with Gasteiger partial charge in [0.05, 0.1) is 7.11 Å². The normalized spacial score (nSPS) is 13.8. The van der Waals surface area contributed by atoms with Crippen LogP contribution in [0.2, 0.25) is 0 Å². The molecule has 0 fully saturated rings. The molecule has 4 heteroatoms. The van der Waals surface area contributed by atoms with Crippen LogP contribution in [0.4, 0.5) is 5.82 Å². The molecule has 1 aliphatic carbocycles. The number of aromatic amines is 1. The summed E-state index contributed by atoms with van der Waals surface area (Å²) in [5.41, 5.74) is 11.1. The number of rotatable bonds is 2. The van der Waals surface area contributed by atoms with Crippen LogP contribution in [-0.2, 0) is 12.8 Å². The van der Waals surface area contributed by atoms with Crippen LogP contribution in [0.5, 0.6) is 5.75 Å². The lowest BCUT2D eigenvalue weighted by atomic mass is 9.92. The van der Waals surface area contributed by atoms with Gasteiger partial charge < -0.3 is 4.74 Å². The van der Waals surface area contributed by atoms with E-state index in [1.54, 1.807) is 7.11 Å². The van der Waals surface area contributed by atoms with Gasteiger partial charge in [0.2, 0.25) is 0 Å². The van der Waals surface area contributed by atoms with E-state index in [-0.39, 0.29) is 0 Å². The summed E-state index contributed by atoms with van der Waals surface area (Å²) >= 11 is 0. The zero-order chi connectivity index (χ0) is 15.5. The molecule has 3 N–H and O–H groups in total. The molecule has 1 aliphatic rings. The number of fused-ring (bicyclic) bond motifs is 1. The first-order valence-corrected chi connectivity index (χ1v) is 7.65. The van der Waals surface area contributed by atoms with Gasteiger partial charge in [0.15, 0.2) is 0 Å². The number of aromatic nitrogens is 1. The molecule has 0 aliphatic heterocycles. The van der Waals surface area contributed by atoms with Crippen molar-refractivity contribution >= 4 is 5.82 Å². The summed E-state index contributed by atoms with van der Waals surface area (Å²) in [6.07, 6.45) is 5.51. The second-order valence-electron chi connectivity index (χ2n) is 5.65. The lowest BCUT2D eigenvalue weighted by molar-refractivity contribution is -0.373. The number of aryl methyl sites for hydroxylation is 1. The van der Waals surface area contributed by atoms with Gasteiger partial charge in [-0.15, -0.1) is 0 Å². The molecular formula is C18H20N3O+. The fraction of sp³-hybridized carbons (Fsp3) is 0.333. The summed E-state index contributed by atoms with van der Waals surface area (Å²) in [6.45, 7) is 0. The summed E-state index contributed by atoms with van der Waals surface area (Å²) < 4.78 is 5.22. The van der Waals surface area contributed by atoms with Crippen molar-refractivity contribution in [1.29, 1.82) is 5.26 Å². The smallest absolute Gasteiger partial charge is 0.289 e. The predicted octanol–water partition coefficient (Wildman–Crippen LogP) is 2.90. The van der Waals surface area contributed by atoms with Gasteiger partial charge in [-0.2, -0.15) is 5.26 Å². The third-order valence-corrected chi connectivity index (χ3v) is 4.31. The predicted molar refractivity (Wildman–Crippen MR) is 85.4 cm³/mol. The van der Waals surface area contributed by atoms with Crippen molar-refractivity contribution < 1.29 is 9.72 Å². The summed E-state index contributed by atoms with van der Waals surface area (Å²) in [6, 6.07) is 10.1. The number of H-pyrrole nitrogens is 1. The van der Waals surface area contributed by atoms with Crippen molar-refractivity contribution in [2.75, 3.05) is 12.8 Å². The van der Waals surface area contributed by atoms with E-state index in [0.29, 0.717) is 11.4 Å². The van der Waals surface area contributed by atoms with Crippen LogP contribution >= 0.6 is 0 Å². The number of nitrogens with two attached hydrogens (primary N) is 1. The minimum absolute atomic E-state index is 0.467. The van der Waals surface area contributed by atoms with E-state index in [0.717, 1.165) is 42.6 Å². The van der Waals surface area contributed by atoms with Gasteiger partial charge in [-0.1, -0.05) is 18.6 Å². The number of hydrogen-bond acceptors (Lipinski definition) is 3. The van der Waals surface area contributed by atoms with Gasteiger partial charge in [-0.05, 0) is 37.0 Å². The van der Waals surface area contributed by atoms with Gasteiger partial charge in [0, 0.05) is 17.5 Å². The third-order valence-electron chi connectivity index (χ3n) is 4.31. The molecule has 22 heavy (non-hydrogen) atoms. The maximum absolute atomic E-state index is 9.56. The minimum Gasteiger partial charge on any atom is -0.497 e. The molecular weight excluding hydrogens is 274 g/mol.